The number of amides is 1. The Bertz CT molecular complexity index is 690. The minimum Gasteiger partial charge on any atom is -0.394 e. The molecular formula is C15H20N2O4S. The lowest BCUT2D eigenvalue weighted by Gasteiger charge is -2.30. The number of rotatable bonds is 3. The van der Waals surface area contributed by atoms with Gasteiger partial charge in [0.05, 0.1) is 18.7 Å². The summed E-state index contributed by atoms with van der Waals surface area (Å²) in [7, 11) is -3.90. The van der Waals surface area contributed by atoms with Crippen LogP contribution in [0, 0.1) is 0 Å². The van der Waals surface area contributed by atoms with Crippen molar-refractivity contribution in [2.75, 3.05) is 13.2 Å². The maximum absolute atomic E-state index is 12.9. The lowest BCUT2D eigenvalue weighted by molar-refractivity contribution is -0.122. The van der Waals surface area contributed by atoms with Gasteiger partial charge in [-0.2, -0.15) is 0 Å². The Labute approximate surface area is 130 Å². The number of sulfonamides is 1. The largest absolute Gasteiger partial charge is 0.394 e. The third kappa shape index (κ3) is 2.78. The first-order valence-electron chi connectivity index (χ1n) is 7.00. The van der Waals surface area contributed by atoms with Crippen molar-refractivity contribution in [2.24, 2.45) is 4.99 Å². The summed E-state index contributed by atoms with van der Waals surface area (Å²) in [4.78, 5) is 16.6. The Hall–Kier alpha value is -1.73. The summed E-state index contributed by atoms with van der Waals surface area (Å²) in [5.41, 5.74) is -0.408. The van der Waals surface area contributed by atoms with Gasteiger partial charge in [-0.25, -0.2) is 12.7 Å². The number of aliphatic imine (C=N–C) groups is 1. The van der Waals surface area contributed by atoms with E-state index in [1.165, 1.54) is 0 Å². The van der Waals surface area contributed by atoms with Gasteiger partial charge < -0.3 is 5.11 Å². The summed E-state index contributed by atoms with van der Waals surface area (Å²) in [6, 6.07) is 8.54. The van der Waals surface area contributed by atoms with Crippen molar-refractivity contribution in [3.8, 4) is 0 Å². The Morgan fingerprint density at radius 2 is 1.82 bits per heavy atom. The molecule has 1 atom stereocenters. The molecule has 0 bridgehead atoms. The van der Waals surface area contributed by atoms with Crippen molar-refractivity contribution in [3.05, 3.63) is 35.9 Å². The summed E-state index contributed by atoms with van der Waals surface area (Å²) in [5.74, 6) is -0.616. The minimum absolute atomic E-state index is 0.00207. The molecule has 0 aromatic heterocycles. The summed E-state index contributed by atoms with van der Waals surface area (Å²) in [6.07, 6.45) is 0. The number of nitrogens with zero attached hydrogens (tertiary/aromatic N) is 2. The highest BCUT2D eigenvalue weighted by atomic mass is 32.2. The molecule has 2 rings (SSSR count). The smallest absolute Gasteiger partial charge is 0.283 e. The molecular weight excluding hydrogens is 304 g/mol. The number of aliphatic hydroxyl groups is 1. The first-order valence-corrected chi connectivity index (χ1v) is 8.50. The molecule has 1 saturated heterocycles. The van der Waals surface area contributed by atoms with Crippen LogP contribution in [-0.2, 0) is 14.8 Å². The normalized spacial score (nSPS) is 23.3. The molecule has 1 aliphatic rings. The zero-order valence-corrected chi connectivity index (χ0v) is 13.7. The summed E-state index contributed by atoms with van der Waals surface area (Å²) in [6.45, 7) is 4.75. The van der Waals surface area contributed by atoms with Crippen LogP contribution in [0.25, 0.3) is 0 Å². The van der Waals surface area contributed by atoms with E-state index in [-0.39, 0.29) is 18.9 Å². The Morgan fingerprint density at radius 1 is 1.23 bits per heavy atom. The highest BCUT2D eigenvalue weighted by Gasteiger charge is 2.54. The summed E-state index contributed by atoms with van der Waals surface area (Å²) >= 11 is 0. The molecule has 1 amide bonds. The second-order valence-corrected chi connectivity index (χ2v) is 7.93. The second-order valence-electron chi connectivity index (χ2n) is 6.07. The maximum atomic E-state index is 12.9. The first kappa shape index (κ1) is 16.6. The van der Waals surface area contributed by atoms with E-state index in [0.717, 1.165) is 4.31 Å². The molecule has 1 aromatic rings. The number of aliphatic hydroxyl groups excluding tert-OH is 1. The van der Waals surface area contributed by atoms with Crippen molar-refractivity contribution in [1.82, 2.24) is 4.31 Å². The lowest BCUT2D eigenvalue weighted by atomic mass is 10.1. The van der Waals surface area contributed by atoms with Crippen LogP contribution in [0.3, 0.4) is 0 Å². The van der Waals surface area contributed by atoms with E-state index in [4.69, 9.17) is 5.11 Å². The molecule has 0 aliphatic carbocycles. The molecule has 0 radical (unpaired) electrons. The molecule has 1 fully saturated rings. The third-order valence-electron chi connectivity index (χ3n) is 3.30. The van der Waals surface area contributed by atoms with Gasteiger partial charge in [-0.3, -0.25) is 9.79 Å². The number of carbonyl (C=O) groups excluding carboxylic acids is 1. The molecule has 0 saturated carbocycles. The van der Waals surface area contributed by atoms with E-state index < -0.39 is 26.7 Å². The SMILES string of the molecule is CC(C)(C)N1C(=O)C(=NCCO)C(c2ccccc2)S1(=O)=O. The quantitative estimate of drug-likeness (QED) is 0.903. The highest BCUT2D eigenvalue weighted by Crippen LogP contribution is 2.38. The first-order chi connectivity index (χ1) is 10.2. The van der Waals surface area contributed by atoms with Crippen LogP contribution in [0.4, 0.5) is 0 Å². The van der Waals surface area contributed by atoms with Gasteiger partial charge in [0.1, 0.15) is 5.71 Å². The molecule has 1 heterocycles. The molecule has 1 aliphatic heterocycles. The maximum Gasteiger partial charge on any atom is 0.283 e. The summed E-state index contributed by atoms with van der Waals surface area (Å²) < 4.78 is 26.7. The van der Waals surface area contributed by atoms with Crippen LogP contribution in [-0.4, -0.2) is 48.1 Å². The van der Waals surface area contributed by atoms with Crippen LogP contribution in [0.5, 0.6) is 0 Å². The van der Waals surface area contributed by atoms with Gasteiger partial charge in [-0.1, -0.05) is 30.3 Å². The van der Waals surface area contributed by atoms with E-state index in [2.05, 4.69) is 4.99 Å². The average molecular weight is 324 g/mol. The number of hydrogen-bond donors (Lipinski definition) is 1. The molecule has 22 heavy (non-hydrogen) atoms. The van der Waals surface area contributed by atoms with Gasteiger partial charge in [0.25, 0.3) is 15.9 Å². The van der Waals surface area contributed by atoms with Crippen LogP contribution in [0.15, 0.2) is 35.3 Å². The molecule has 0 spiro atoms. The minimum atomic E-state index is -3.90. The fourth-order valence-electron chi connectivity index (χ4n) is 2.54. The van der Waals surface area contributed by atoms with Crippen LogP contribution >= 0.6 is 0 Å². The standard InChI is InChI=1S/C15H20N2O4S/c1-15(2,3)17-14(19)12(16-9-10-18)13(22(17,20)21)11-7-5-4-6-8-11/h4-8,13,18H,9-10H2,1-3H3. The predicted molar refractivity (Wildman–Crippen MR) is 84.1 cm³/mol. The highest BCUT2D eigenvalue weighted by molar-refractivity contribution is 7.91. The van der Waals surface area contributed by atoms with E-state index in [1.807, 2.05) is 0 Å². The van der Waals surface area contributed by atoms with Crippen LogP contribution in [0.1, 0.15) is 31.6 Å². The Balaban J connectivity index is 2.64. The third-order valence-corrected chi connectivity index (χ3v) is 5.61. The van der Waals surface area contributed by atoms with E-state index >= 15 is 0 Å². The Kier molecular flexibility index (Phi) is 4.39. The number of hydrogen-bond acceptors (Lipinski definition) is 5. The average Bonchev–Trinajstić information content (AvgIpc) is 2.62. The fourth-order valence-corrected chi connectivity index (χ4v) is 4.80. The van der Waals surface area contributed by atoms with E-state index in [0.29, 0.717) is 5.56 Å². The monoisotopic (exact) mass is 324 g/mol. The molecule has 1 N–H and O–H groups in total. The van der Waals surface area contributed by atoms with Crippen LogP contribution in [0.2, 0.25) is 0 Å². The van der Waals surface area contributed by atoms with Gasteiger partial charge in [-0.15, -0.1) is 0 Å². The van der Waals surface area contributed by atoms with Gasteiger partial charge in [0, 0.05) is 0 Å². The number of benzene rings is 1. The summed E-state index contributed by atoms with van der Waals surface area (Å²) in [5, 5.41) is 7.83. The Morgan fingerprint density at radius 3 is 2.32 bits per heavy atom. The van der Waals surface area contributed by atoms with E-state index in [1.54, 1.807) is 51.1 Å². The van der Waals surface area contributed by atoms with Crippen molar-refractivity contribution >= 4 is 21.6 Å². The van der Waals surface area contributed by atoms with Gasteiger partial charge in [0.2, 0.25) is 0 Å². The van der Waals surface area contributed by atoms with Gasteiger partial charge >= 0.3 is 0 Å². The molecule has 120 valence electrons. The molecule has 1 aromatic carbocycles. The molecule has 6 nitrogen and oxygen atoms in total. The second kappa shape index (κ2) is 5.81. The lowest BCUT2D eigenvalue weighted by Crippen LogP contribution is -2.45. The zero-order valence-electron chi connectivity index (χ0n) is 12.9. The van der Waals surface area contributed by atoms with Gasteiger partial charge in [-0.05, 0) is 26.3 Å². The molecule has 7 heteroatoms. The van der Waals surface area contributed by atoms with E-state index in [9.17, 15) is 13.2 Å². The molecule has 1 unspecified atom stereocenters. The topological polar surface area (TPSA) is 87.0 Å². The van der Waals surface area contributed by atoms with Crippen molar-refractivity contribution in [2.45, 2.75) is 31.6 Å². The van der Waals surface area contributed by atoms with Crippen LogP contribution < -0.4 is 0 Å². The van der Waals surface area contributed by atoms with Crippen molar-refractivity contribution in [1.29, 1.82) is 0 Å². The zero-order chi connectivity index (χ0) is 16.5. The number of carbonyl (C=O) groups is 1. The van der Waals surface area contributed by atoms with Crippen molar-refractivity contribution < 1.29 is 18.3 Å². The fraction of sp³-hybridized carbons (Fsp3) is 0.467. The van der Waals surface area contributed by atoms with Crippen molar-refractivity contribution in [3.63, 3.8) is 0 Å². The predicted octanol–water partition coefficient (Wildman–Crippen LogP) is 1.13. The van der Waals surface area contributed by atoms with Gasteiger partial charge in [0.15, 0.2) is 5.25 Å².